The number of halogens is 2. The molecular formula is C17H30Cl2N2O. The molecule has 0 aromatic heterocycles. The maximum atomic E-state index is 6.15. The van der Waals surface area contributed by atoms with E-state index in [1.807, 2.05) is 6.08 Å². The molecule has 0 saturated heterocycles. The smallest absolute Gasteiger partial charge is 0.0555 e. The van der Waals surface area contributed by atoms with Gasteiger partial charge in [-0.1, -0.05) is 55.6 Å². The van der Waals surface area contributed by atoms with E-state index in [1.54, 1.807) is 7.11 Å². The number of allylic oxidation sites excluding steroid dienone is 3. The van der Waals surface area contributed by atoms with Crippen LogP contribution in [0.3, 0.4) is 0 Å². The van der Waals surface area contributed by atoms with Crippen molar-refractivity contribution >= 4 is 23.2 Å². The quantitative estimate of drug-likeness (QED) is 0.553. The van der Waals surface area contributed by atoms with Gasteiger partial charge in [0.05, 0.1) is 10.1 Å². The highest BCUT2D eigenvalue weighted by atomic mass is 35.5. The minimum Gasteiger partial charge on any atom is -0.385 e. The van der Waals surface area contributed by atoms with Crippen LogP contribution in [0.2, 0.25) is 0 Å². The molecule has 0 aromatic rings. The standard InChI is InChI=1S/C17H30Cl2N2O/c1-4-5-9-21-14(7-10-22-3)12-20-13-17(2)8-6-15(18)16(19)11-17/h6,11,14,20-21H,4-5,7-10,12-13H2,1-3H3/t14-,17?/m0/s1. The summed E-state index contributed by atoms with van der Waals surface area (Å²) < 4.78 is 5.20. The summed E-state index contributed by atoms with van der Waals surface area (Å²) in [5.41, 5.74) is 0.0324. The summed E-state index contributed by atoms with van der Waals surface area (Å²) in [7, 11) is 1.75. The Morgan fingerprint density at radius 1 is 1.36 bits per heavy atom. The Balaban J connectivity index is 2.38. The predicted octanol–water partition coefficient (Wildman–Crippen LogP) is 4.03. The van der Waals surface area contributed by atoms with Gasteiger partial charge in [-0.15, -0.1) is 0 Å². The third kappa shape index (κ3) is 7.47. The van der Waals surface area contributed by atoms with Gasteiger partial charge in [0.1, 0.15) is 0 Å². The van der Waals surface area contributed by atoms with Crippen LogP contribution in [0.5, 0.6) is 0 Å². The molecule has 0 amide bonds. The predicted molar refractivity (Wildman–Crippen MR) is 96.7 cm³/mol. The highest BCUT2D eigenvalue weighted by Gasteiger charge is 2.25. The minimum atomic E-state index is 0.0324. The first-order valence-electron chi connectivity index (χ1n) is 8.18. The third-order valence-corrected chi connectivity index (χ3v) is 4.77. The lowest BCUT2D eigenvalue weighted by Gasteiger charge is -2.30. The fraction of sp³-hybridized carbons (Fsp3) is 0.765. The molecule has 5 heteroatoms. The fourth-order valence-corrected chi connectivity index (χ4v) is 3.00. The van der Waals surface area contributed by atoms with Crippen molar-refractivity contribution in [2.45, 2.75) is 45.6 Å². The molecular weight excluding hydrogens is 319 g/mol. The first kappa shape index (κ1) is 20.0. The number of hydrogen-bond donors (Lipinski definition) is 2. The first-order valence-corrected chi connectivity index (χ1v) is 8.94. The molecule has 1 aliphatic rings. The number of unbranched alkanes of at least 4 members (excludes halogenated alkanes) is 1. The van der Waals surface area contributed by atoms with E-state index < -0.39 is 0 Å². The normalized spacial score (nSPS) is 23.1. The van der Waals surface area contributed by atoms with Crippen LogP contribution >= 0.6 is 23.2 Å². The van der Waals surface area contributed by atoms with Crippen LogP contribution in [-0.4, -0.2) is 39.4 Å². The van der Waals surface area contributed by atoms with Crippen LogP contribution in [-0.2, 0) is 4.74 Å². The van der Waals surface area contributed by atoms with Crippen LogP contribution in [0.25, 0.3) is 0 Å². The van der Waals surface area contributed by atoms with E-state index in [2.05, 4.69) is 30.6 Å². The Kier molecular flexibility index (Phi) is 9.69. The van der Waals surface area contributed by atoms with Gasteiger partial charge in [0.15, 0.2) is 0 Å². The van der Waals surface area contributed by atoms with Crippen molar-refractivity contribution in [3.63, 3.8) is 0 Å². The molecule has 2 atom stereocenters. The van der Waals surface area contributed by atoms with Crippen LogP contribution in [0.4, 0.5) is 0 Å². The Morgan fingerprint density at radius 2 is 2.14 bits per heavy atom. The molecule has 0 aliphatic heterocycles. The minimum absolute atomic E-state index is 0.0324. The summed E-state index contributed by atoms with van der Waals surface area (Å²) in [5, 5.41) is 8.50. The molecule has 0 aromatic carbocycles. The van der Waals surface area contributed by atoms with Crippen LogP contribution in [0.15, 0.2) is 22.2 Å². The SMILES string of the molecule is CCCCN[C@@H](CCOC)CNCC1(C)C=C(Cl)C(Cl)=CC1. The summed E-state index contributed by atoms with van der Waals surface area (Å²) in [6, 6.07) is 0.442. The number of nitrogens with one attached hydrogen (secondary N) is 2. The van der Waals surface area contributed by atoms with Gasteiger partial charge in [-0.25, -0.2) is 0 Å². The Labute approximate surface area is 145 Å². The van der Waals surface area contributed by atoms with Gasteiger partial charge in [-0.2, -0.15) is 0 Å². The monoisotopic (exact) mass is 348 g/mol. The van der Waals surface area contributed by atoms with E-state index in [0.717, 1.165) is 39.1 Å². The van der Waals surface area contributed by atoms with E-state index in [1.165, 1.54) is 12.8 Å². The molecule has 22 heavy (non-hydrogen) atoms. The number of rotatable bonds is 11. The van der Waals surface area contributed by atoms with E-state index in [-0.39, 0.29) is 5.41 Å². The highest BCUT2D eigenvalue weighted by molar-refractivity contribution is 6.44. The lowest BCUT2D eigenvalue weighted by molar-refractivity contribution is 0.181. The molecule has 0 saturated carbocycles. The molecule has 0 spiro atoms. The average molecular weight is 349 g/mol. The van der Waals surface area contributed by atoms with Crippen LogP contribution in [0, 0.1) is 5.41 Å². The second-order valence-corrected chi connectivity index (χ2v) is 7.13. The number of hydrogen-bond acceptors (Lipinski definition) is 3. The highest BCUT2D eigenvalue weighted by Crippen LogP contribution is 2.35. The zero-order valence-corrected chi connectivity index (χ0v) is 15.6. The summed E-state index contributed by atoms with van der Waals surface area (Å²) >= 11 is 12.2. The molecule has 0 radical (unpaired) electrons. The van der Waals surface area contributed by atoms with Gasteiger partial charge in [-0.05, 0) is 25.8 Å². The lowest BCUT2D eigenvalue weighted by atomic mass is 9.83. The Morgan fingerprint density at radius 3 is 2.77 bits per heavy atom. The van der Waals surface area contributed by atoms with Gasteiger partial charge < -0.3 is 15.4 Å². The van der Waals surface area contributed by atoms with Crippen molar-refractivity contribution in [2.24, 2.45) is 5.41 Å². The first-order chi connectivity index (χ1) is 10.5. The van der Waals surface area contributed by atoms with Gasteiger partial charge >= 0.3 is 0 Å². The van der Waals surface area contributed by atoms with Crippen LogP contribution in [0.1, 0.15) is 39.5 Å². The zero-order chi connectivity index (χ0) is 16.4. The number of methoxy groups -OCH3 is 1. The van der Waals surface area contributed by atoms with Crippen molar-refractivity contribution < 1.29 is 4.74 Å². The van der Waals surface area contributed by atoms with Gasteiger partial charge in [0.25, 0.3) is 0 Å². The van der Waals surface area contributed by atoms with E-state index in [9.17, 15) is 0 Å². The molecule has 128 valence electrons. The van der Waals surface area contributed by atoms with E-state index in [0.29, 0.717) is 16.1 Å². The van der Waals surface area contributed by atoms with Gasteiger partial charge in [0.2, 0.25) is 0 Å². The van der Waals surface area contributed by atoms with E-state index in [4.69, 9.17) is 27.9 Å². The molecule has 2 N–H and O–H groups in total. The van der Waals surface area contributed by atoms with Crippen molar-refractivity contribution in [1.82, 2.24) is 10.6 Å². The third-order valence-electron chi connectivity index (χ3n) is 4.00. The Hall–Kier alpha value is -0.0600. The molecule has 0 fully saturated rings. The number of ether oxygens (including phenoxy) is 1. The van der Waals surface area contributed by atoms with Gasteiger partial charge in [0, 0.05) is 38.3 Å². The second-order valence-electron chi connectivity index (χ2n) is 6.32. The van der Waals surface area contributed by atoms with Gasteiger partial charge in [-0.3, -0.25) is 0 Å². The van der Waals surface area contributed by atoms with Crippen molar-refractivity contribution in [3.05, 3.63) is 22.2 Å². The zero-order valence-electron chi connectivity index (χ0n) is 14.1. The largest absolute Gasteiger partial charge is 0.385 e. The summed E-state index contributed by atoms with van der Waals surface area (Å²) in [6.45, 7) is 8.09. The molecule has 0 heterocycles. The summed E-state index contributed by atoms with van der Waals surface area (Å²) in [6.07, 6.45) is 8.44. The molecule has 0 bridgehead atoms. The molecule has 1 rings (SSSR count). The van der Waals surface area contributed by atoms with Crippen LogP contribution < -0.4 is 10.6 Å². The summed E-state index contributed by atoms with van der Waals surface area (Å²) in [4.78, 5) is 0. The maximum Gasteiger partial charge on any atom is 0.0555 e. The second kappa shape index (κ2) is 10.7. The fourth-order valence-electron chi connectivity index (χ4n) is 2.53. The molecule has 1 unspecified atom stereocenters. The van der Waals surface area contributed by atoms with E-state index >= 15 is 0 Å². The molecule has 3 nitrogen and oxygen atoms in total. The van der Waals surface area contributed by atoms with Crippen molar-refractivity contribution in [1.29, 1.82) is 0 Å². The maximum absolute atomic E-state index is 6.15. The van der Waals surface area contributed by atoms with Crippen molar-refractivity contribution in [2.75, 3.05) is 33.4 Å². The summed E-state index contributed by atoms with van der Waals surface area (Å²) in [5.74, 6) is 0. The average Bonchev–Trinajstić information content (AvgIpc) is 2.49. The Bertz CT molecular complexity index is 385. The van der Waals surface area contributed by atoms with Crippen molar-refractivity contribution in [3.8, 4) is 0 Å². The molecule has 1 aliphatic carbocycles. The topological polar surface area (TPSA) is 33.3 Å². The lowest BCUT2D eigenvalue weighted by Crippen LogP contribution is -2.43.